The zero-order chi connectivity index (χ0) is 13.1. The van der Waals surface area contributed by atoms with Crippen LogP contribution in [-0.4, -0.2) is 31.1 Å². The Morgan fingerprint density at radius 3 is 2.61 bits per heavy atom. The van der Waals surface area contributed by atoms with Crippen molar-refractivity contribution in [3.63, 3.8) is 0 Å². The summed E-state index contributed by atoms with van der Waals surface area (Å²) in [6.45, 7) is 3.80. The van der Waals surface area contributed by atoms with Gasteiger partial charge in [-0.3, -0.25) is 4.90 Å². The van der Waals surface area contributed by atoms with Gasteiger partial charge in [-0.1, -0.05) is 13.0 Å². The van der Waals surface area contributed by atoms with Crippen molar-refractivity contribution >= 4 is 0 Å². The molecule has 1 aromatic carbocycles. The van der Waals surface area contributed by atoms with Crippen LogP contribution in [0.15, 0.2) is 18.2 Å². The minimum atomic E-state index is -0.441. The van der Waals surface area contributed by atoms with Gasteiger partial charge in [0, 0.05) is 17.6 Å². The van der Waals surface area contributed by atoms with E-state index in [9.17, 15) is 8.78 Å². The van der Waals surface area contributed by atoms with Gasteiger partial charge in [-0.2, -0.15) is 0 Å². The third-order valence-corrected chi connectivity index (χ3v) is 3.70. The van der Waals surface area contributed by atoms with E-state index in [0.29, 0.717) is 6.04 Å². The number of nitrogens with one attached hydrogen (secondary N) is 1. The first-order chi connectivity index (χ1) is 8.63. The molecule has 0 bridgehead atoms. The number of hydrogen-bond donors (Lipinski definition) is 1. The molecule has 1 aromatic rings. The largest absolute Gasteiger partial charge is 0.314 e. The number of hydrogen-bond acceptors (Lipinski definition) is 2. The predicted molar refractivity (Wildman–Crippen MR) is 68.4 cm³/mol. The SMILES string of the molecule is CCN[C@@H]1CCN(C)[C@H](c2c(F)cccc2F)C1. The second kappa shape index (κ2) is 5.76. The summed E-state index contributed by atoms with van der Waals surface area (Å²) in [6, 6.07) is 4.25. The molecule has 2 atom stereocenters. The smallest absolute Gasteiger partial charge is 0.130 e. The van der Waals surface area contributed by atoms with Gasteiger partial charge in [0.15, 0.2) is 0 Å². The van der Waals surface area contributed by atoms with Crippen LogP contribution in [0.5, 0.6) is 0 Å². The van der Waals surface area contributed by atoms with E-state index in [1.807, 2.05) is 11.9 Å². The van der Waals surface area contributed by atoms with E-state index >= 15 is 0 Å². The van der Waals surface area contributed by atoms with Crippen LogP contribution < -0.4 is 5.32 Å². The summed E-state index contributed by atoms with van der Waals surface area (Å²) in [6.07, 6.45) is 1.78. The highest BCUT2D eigenvalue weighted by Gasteiger charge is 2.30. The van der Waals surface area contributed by atoms with Crippen molar-refractivity contribution in [3.8, 4) is 0 Å². The summed E-state index contributed by atoms with van der Waals surface area (Å²) in [4.78, 5) is 2.04. The highest BCUT2D eigenvalue weighted by molar-refractivity contribution is 5.24. The van der Waals surface area contributed by atoms with Crippen LogP contribution >= 0.6 is 0 Å². The molecule has 0 amide bonds. The molecule has 0 aliphatic carbocycles. The molecule has 2 rings (SSSR count). The summed E-state index contributed by atoms with van der Waals surface area (Å²) < 4.78 is 27.7. The fourth-order valence-corrected chi connectivity index (χ4v) is 2.72. The fraction of sp³-hybridized carbons (Fsp3) is 0.571. The standard InChI is InChI=1S/C14H20F2N2/c1-3-17-10-7-8-18(2)13(9-10)14-11(15)5-4-6-12(14)16/h4-6,10,13,17H,3,7-9H2,1-2H3/t10-,13+/m1/s1. The lowest BCUT2D eigenvalue weighted by molar-refractivity contribution is 0.151. The minimum Gasteiger partial charge on any atom is -0.314 e. The first-order valence-electron chi connectivity index (χ1n) is 6.51. The Kier molecular flexibility index (Phi) is 4.30. The third kappa shape index (κ3) is 2.70. The molecular weight excluding hydrogens is 234 g/mol. The Balaban J connectivity index is 2.24. The zero-order valence-electron chi connectivity index (χ0n) is 10.9. The Morgan fingerprint density at radius 2 is 2.00 bits per heavy atom. The van der Waals surface area contributed by atoms with Crippen molar-refractivity contribution in [1.82, 2.24) is 10.2 Å². The van der Waals surface area contributed by atoms with Crippen LogP contribution in [0.2, 0.25) is 0 Å². The molecule has 1 N–H and O–H groups in total. The van der Waals surface area contributed by atoms with Crippen molar-refractivity contribution in [1.29, 1.82) is 0 Å². The molecule has 4 heteroatoms. The van der Waals surface area contributed by atoms with E-state index in [0.717, 1.165) is 25.9 Å². The van der Waals surface area contributed by atoms with Crippen LogP contribution in [0, 0.1) is 11.6 Å². The van der Waals surface area contributed by atoms with Crippen LogP contribution in [0.1, 0.15) is 31.4 Å². The average Bonchev–Trinajstić information content (AvgIpc) is 2.33. The molecule has 0 unspecified atom stereocenters. The molecule has 100 valence electrons. The lowest BCUT2D eigenvalue weighted by Crippen LogP contribution is -2.43. The van der Waals surface area contributed by atoms with E-state index in [2.05, 4.69) is 12.2 Å². The maximum Gasteiger partial charge on any atom is 0.130 e. The summed E-state index contributed by atoms with van der Waals surface area (Å²) in [5.74, 6) is -0.881. The molecule has 1 saturated heterocycles. The van der Waals surface area contributed by atoms with Gasteiger partial charge in [0.25, 0.3) is 0 Å². The average molecular weight is 254 g/mol. The topological polar surface area (TPSA) is 15.3 Å². The molecule has 1 heterocycles. The molecule has 0 spiro atoms. The Morgan fingerprint density at radius 1 is 1.33 bits per heavy atom. The molecule has 0 aromatic heterocycles. The van der Waals surface area contributed by atoms with Gasteiger partial charge in [-0.05, 0) is 45.1 Å². The Hall–Kier alpha value is -1.00. The minimum absolute atomic E-state index is 0.177. The number of nitrogens with zero attached hydrogens (tertiary/aromatic N) is 1. The monoisotopic (exact) mass is 254 g/mol. The lowest BCUT2D eigenvalue weighted by Gasteiger charge is -2.37. The van der Waals surface area contributed by atoms with Gasteiger partial charge in [0.2, 0.25) is 0 Å². The van der Waals surface area contributed by atoms with Gasteiger partial charge in [0.1, 0.15) is 11.6 Å². The summed E-state index contributed by atoms with van der Waals surface area (Å²) in [5, 5.41) is 3.37. The van der Waals surface area contributed by atoms with Gasteiger partial charge in [0.05, 0.1) is 0 Å². The highest BCUT2D eigenvalue weighted by atomic mass is 19.1. The first-order valence-corrected chi connectivity index (χ1v) is 6.51. The van der Waals surface area contributed by atoms with Gasteiger partial charge >= 0.3 is 0 Å². The van der Waals surface area contributed by atoms with Crippen molar-refractivity contribution in [3.05, 3.63) is 35.4 Å². The van der Waals surface area contributed by atoms with Gasteiger partial charge in [-0.15, -0.1) is 0 Å². The van der Waals surface area contributed by atoms with Crippen LogP contribution in [-0.2, 0) is 0 Å². The maximum atomic E-state index is 13.8. The van der Waals surface area contributed by atoms with E-state index in [-0.39, 0.29) is 11.6 Å². The van der Waals surface area contributed by atoms with Gasteiger partial charge in [-0.25, -0.2) is 8.78 Å². The molecular formula is C14H20F2N2. The fourth-order valence-electron chi connectivity index (χ4n) is 2.72. The van der Waals surface area contributed by atoms with E-state index in [1.54, 1.807) is 0 Å². The second-order valence-electron chi connectivity index (χ2n) is 4.91. The summed E-state index contributed by atoms with van der Waals surface area (Å²) >= 11 is 0. The molecule has 0 saturated carbocycles. The zero-order valence-corrected chi connectivity index (χ0v) is 10.9. The molecule has 1 aliphatic rings. The van der Waals surface area contributed by atoms with Crippen molar-refractivity contribution in [2.75, 3.05) is 20.1 Å². The van der Waals surface area contributed by atoms with E-state index in [1.165, 1.54) is 18.2 Å². The quantitative estimate of drug-likeness (QED) is 0.892. The number of rotatable bonds is 3. The Bertz CT molecular complexity index is 389. The lowest BCUT2D eigenvalue weighted by atomic mass is 9.91. The van der Waals surface area contributed by atoms with Crippen molar-refractivity contribution < 1.29 is 8.78 Å². The van der Waals surface area contributed by atoms with E-state index in [4.69, 9.17) is 0 Å². The number of halogens is 2. The van der Waals surface area contributed by atoms with Crippen molar-refractivity contribution in [2.24, 2.45) is 0 Å². The maximum absolute atomic E-state index is 13.8. The van der Waals surface area contributed by atoms with Gasteiger partial charge < -0.3 is 5.32 Å². The molecule has 1 aliphatic heterocycles. The number of piperidine rings is 1. The molecule has 2 nitrogen and oxygen atoms in total. The van der Waals surface area contributed by atoms with E-state index < -0.39 is 11.6 Å². The van der Waals surface area contributed by atoms with Crippen LogP contribution in [0.3, 0.4) is 0 Å². The Labute approximate surface area is 107 Å². The number of benzene rings is 1. The van der Waals surface area contributed by atoms with Crippen LogP contribution in [0.25, 0.3) is 0 Å². The normalized spacial score (nSPS) is 25.3. The first kappa shape index (κ1) is 13.4. The molecule has 18 heavy (non-hydrogen) atoms. The third-order valence-electron chi connectivity index (χ3n) is 3.70. The van der Waals surface area contributed by atoms with Crippen molar-refractivity contribution in [2.45, 2.75) is 31.8 Å². The van der Waals surface area contributed by atoms with Crippen LogP contribution in [0.4, 0.5) is 8.78 Å². The number of likely N-dealkylation sites (tertiary alicyclic amines) is 1. The molecule has 1 fully saturated rings. The highest BCUT2D eigenvalue weighted by Crippen LogP contribution is 2.32. The summed E-state index contributed by atoms with van der Waals surface area (Å²) in [5.41, 5.74) is 0.211. The predicted octanol–water partition coefficient (Wildman–Crippen LogP) is 2.71. The molecule has 0 radical (unpaired) electrons. The second-order valence-corrected chi connectivity index (χ2v) is 4.91. The summed E-state index contributed by atoms with van der Waals surface area (Å²) in [7, 11) is 1.93.